The summed E-state index contributed by atoms with van der Waals surface area (Å²) in [7, 11) is 4.95. The summed E-state index contributed by atoms with van der Waals surface area (Å²) in [5.74, 6) is 1.51. The summed E-state index contributed by atoms with van der Waals surface area (Å²) >= 11 is 0. The molecule has 0 bridgehead atoms. The van der Waals surface area contributed by atoms with Crippen LogP contribution in [0.25, 0.3) is 0 Å². The highest BCUT2D eigenvalue weighted by molar-refractivity contribution is 5.97. The highest BCUT2D eigenvalue weighted by atomic mass is 16.5. The molecule has 1 aromatic carbocycles. The van der Waals surface area contributed by atoms with E-state index < -0.39 is 0 Å². The van der Waals surface area contributed by atoms with Gasteiger partial charge in [-0.15, -0.1) is 0 Å². The summed E-state index contributed by atoms with van der Waals surface area (Å²) < 4.78 is 12.0. The fourth-order valence-electron chi connectivity index (χ4n) is 2.72. The smallest absolute Gasteiger partial charge is 0.258 e. The zero-order chi connectivity index (χ0) is 17.7. The Kier molecular flexibility index (Phi) is 5.84. The van der Waals surface area contributed by atoms with E-state index in [0.717, 1.165) is 12.2 Å². The number of amides is 1. The van der Waals surface area contributed by atoms with Crippen LogP contribution in [0, 0.1) is 6.92 Å². The number of hydrogen-bond donors (Lipinski definition) is 1. The lowest BCUT2D eigenvalue weighted by Gasteiger charge is -2.13. The molecule has 0 radical (unpaired) electrons. The van der Waals surface area contributed by atoms with Gasteiger partial charge >= 0.3 is 0 Å². The molecule has 0 saturated heterocycles. The molecule has 1 N–H and O–H groups in total. The molecule has 0 aliphatic heterocycles. The molecule has 1 aromatic heterocycles. The maximum Gasteiger partial charge on any atom is 0.258 e. The second-order valence-corrected chi connectivity index (χ2v) is 5.81. The number of aromatic nitrogens is 2. The molecule has 1 unspecified atom stereocenters. The Bertz CT molecular complexity index is 692. The van der Waals surface area contributed by atoms with Crippen LogP contribution < -0.4 is 14.8 Å². The molecule has 0 saturated carbocycles. The summed E-state index contributed by atoms with van der Waals surface area (Å²) in [6.45, 7) is 4.53. The molecular formula is C18H25N3O3. The van der Waals surface area contributed by atoms with Crippen molar-refractivity contribution in [1.82, 2.24) is 15.1 Å². The van der Waals surface area contributed by atoms with Gasteiger partial charge in [-0.3, -0.25) is 4.79 Å². The van der Waals surface area contributed by atoms with Gasteiger partial charge in [0, 0.05) is 13.6 Å². The molecule has 1 atom stereocenters. The Morgan fingerprint density at radius 3 is 2.50 bits per heavy atom. The second-order valence-electron chi connectivity index (χ2n) is 5.81. The lowest BCUT2D eigenvalue weighted by Crippen LogP contribution is -2.26. The van der Waals surface area contributed by atoms with Crippen LogP contribution in [0.1, 0.15) is 40.9 Å². The third-order valence-corrected chi connectivity index (χ3v) is 4.14. The molecule has 2 aromatic rings. The molecular weight excluding hydrogens is 306 g/mol. The van der Waals surface area contributed by atoms with Gasteiger partial charge in [-0.2, -0.15) is 5.10 Å². The lowest BCUT2D eigenvalue weighted by molar-refractivity contribution is 0.0948. The van der Waals surface area contributed by atoms with Crippen molar-refractivity contribution in [2.24, 2.45) is 7.05 Å². The van der Waals surface area contributed by atoms with Gasteiger partial charge < -0.3 is 14.8 Å². The summed E-state index contributed by atoms with van der Waals surface area (Å²) in [4.78, 5) is 12.4. The van der Waals surface area contributed by atoms with Gasteiger partial charge in [-0.1, -0.05) is 19.1 Å². The summed E-state index contributed by atoms with van der Waals surface area (Å²) in [5, 5.41) is 7.18. The normalized spacial score (nSPS) is 11.9. The van der Waals surface area contributed by atoms with Crippen molar-refractivity contribution in [2.45, 2.75) is 26.2 Å². The first-order chi connectivity index (χ1) is 11.5. The minimum absolute atomic E-state index is 0.153. The number of carbonyl (C=O) groups is 1. The molecule has 0 aliphatic rings. The van der Waals surface area contributed by atoms with Crippen LogP contribution in [0.4, 0.5) is 0 Å². The summed E-state index contributed by atoms with van der Waals surface area (Å²) in [6, 6.07) is 8.02. The fourth-order valence-corrected chi connectivity index (χ4v) is 2.72. The minimum Gasteiger partial charge on any atom is -0.497 e. The number of nitrogens with one attached hydrogen (secondary N) is 1. The molecule has 2 rings (SSSR count). The molecule has 6 heteroatoms. The number of ether oxygens (including phenoxy) is 2. The number of methoxy groups -OCH3 is 2. The van der Waals surface area contributed by atoms with Crippen molar-refractivity contribution in [3.63, 3.8) is 0 Å². The molecule has 1 amide bonds. The van der Waals surface area contributed by atoms with Gasteiger partial charge in [0.1, 0.15) is 11.3 Å². The molecule has 0 spiro atoms. The number of rotatable bonds is 7. The Hall–Kier alpha value is -2.50. The average Bonchev–Trinajstić information content (AvgIpc) is 2.88. The van der Waals surface area contributed by atoms with Crippen molar-refractivity contribution in [3.05, 3.63) is 41.1 Å². The molecule has 0 fully saturated rings. The van der Waals surface area contributed by atoms with E-state index in [1.807, 2.05) is 12.1 Å². The van der Waals surface area contributed by atoms with Crippen molar-refractivity contribution in [2.75, 3.05) is 20.8 Å². The van der Waals surface area contributed by atoms with Crippen molar-refractivity contribution in [1.29, 1.82) is 0 Å². The number of nitrogens with zero attached hydrogens (tertiary/aromatic N) is 2. The monoisotopic (exact) mass is 331 g/mol. The first kappa shape index (κ1) is 17.8. The molecule has 6 nitrogen and oxygen atoms in total. The lowest BCUT2D eigenvalue weighted by atomic mass is 9.98. The standard InChI is InChI=1S/C18H25N3O3/c1-12(14-6-8-15(23-4)9-7-14)10-11-19-17(22)16-13(2)20-21(3)18(16)24-5/h6-9,12H,10-11H2,1-5H3,(H,19,22). The zero-order valence-electron chi connectivity index (χ0n) is 14.9. The molecule has 0 aliphatic carbocycles. The predicted molar refractivity (Wildman–Crippen MR) is 92.9 cm³/mol. The van der Waals surface area contributed by atoms with Crippen LogP contribution in [0.3, 0.4) is 0 Å². The Balaban J connectivity index is 1.92. The van der Waals surface area contributed by atoms with Crippen LogP contribution in [0.2, 0.25) is 0 Å². The van der Waals surface area contributed by atoms with Gasteiger partial charge in [0.2, 0.25) is 5.88 Å². The van der Waals surface area contributed by atoms with E-state index in [4.69, 9.17) is 9.47 Å². The van der Waals surface area contributed by atoms with Crippen LogP contribution in [0.5, 0.6) is 11.6 Å². The van der Waals surface area contributed by atoms with E-state index in [-0.39, 0.29) is 5.91 Å². The summed E-state index contributed by atoms with van der Waals surface area (Å²) in [5.41, 5.74) is 2.38. The molecule has 130 valence electrons. The quantitative estimate of drug-likeness (QED) is 0.847. The molecule has 24 heavy (non-hydrogen) atoms. The third kappa shape index (κ3) is 3.88. The van der Waals surface area contributed by atoms with Crippen molar-refractivity contribution < 1.29 is 14.3 Å². The number of hydrogen-bond acceptors (Lipinski definition) is 4. The van der Waals surface area contributed by atoms with Crippen LogP contribution in [0.15, 0.2) is 24.3 Å². The van der Waals surface area contributed by atoms with Gasteiger partial charge in [0.05, 0.1) is 19.9 Å². The Morgan fingerprint density at radius 2 is 1.92 bits per heavy atom. The predicted octanol–water partition coefficient (Wildman–Crippen LogP) is 2.67. The van der Waals surface area contributed by atoms with Crippen molar-refractivity contribution in [3.8, 4) is 11.6 Å². The van der Waals surface area contributed by atoms with E-state index in [1.54, 1.807) is 32.9 Å². The van der Waals surface area contributed by atoms with Crippen LogP contribution in [-0.2, 0) is 7.05 Å². The topological polar surface area (TPSA) is 65.4 Å². The van der Waals surface area contributed by atoms with Gasteiger partial charge in [-0.25, -0.2) is 4.68 Å². The highest BCUT2D eigenvalue weighted by Gasteiger charge is 2.20. The first-order valence-corrected chi connectivity index (χ1v) is 7.97. The van der Waals surface area contributed by atoms with Gasteiger partial charge in [0.15, 0.2) is 0 Å². The fraction of sp³-hybridized carbons (Fsp3) is 0.444. The van der Waals surface area contributed by atoms with E-state index in [9.17, 15) is 4.79 Å². The second kappa shape index (κ2) is 7.86. The van der Waals surface area contributed by atoms with E-state index in [0.29, 0.717) is 29.6 Å². The highest BCUT2D eigenvalue weighted by Crippen LogP contribution is 2.22. The SMILES string of the molecule is COc1ccc(C(C)CCNC(=O)c2c(C)nn(C)c2OC)cc1. The maximum absolute atomic E-state index is 12.4. The minimum atomic E-state index is -0.153. The van der Waals surface area contributed by atoms with Gasteiger partial charge in [-0.05, 0) is 37.0 Å². The zero-order valence-corrected chi connectivity index (χ0v) is 14.9. The van der Waals surface area contributed by atoms with Crippen molar-refractivity contribution >= 4 is 5.91 Å². The molecule has 1 heterocycles. The maximum atomic E-state index is 12.4. The van der Waals surface area contributed by atoms with E-state index >= 15 is 0 Å². The Labute approximate surface area is 142 Å². The number of carbonyl (C=O) groups excluding carboxylic acids is 1. The van der Waals surface area contributed by atoms with E-state index in [1.165, 1.54) is 5.56 Å². The average molecular weight is 331 g/mol. The van der Waals surface area contributed by atoms with E-state index in [2.05, 4.69) is 29.5 Å². The Morgan fingerprint density at radius 1 is 1.25 bits per heavy atom. The van der Waals surface area contributed by atoms with Gasteiger partial charge in [0.25, 0.3) is 5.91 Å². The third-order valence-electron chi connectivity index (χ3n) is 4.14. The number of benzene rings is 1. The summed E-state index contributed by atoms with van der Waals surface area (Å²) in [6.07, 6.45) is 0.847. The van der Waals surface area contributed by atoms with Crippen LogP contribution >= 0.6 is 0 Å². The number of aryl methyl sites for hydroxylation is 2. The van der Waals surface area contributed by atoms with Crippen LogP contribution in [-0.4, -0.2) is 36.5 Å². The largest absolute Gasteiger partial charge is 0.497 e. The first-order valence-electron chi connectivity index (χ1n) is 7.97.